The summed E-state index contributed by atoms with van der Waals surface area (Å²) in [5.41, 5.74) is 0. The van der Waals surface area contributed by atoms with Crippen LogP contribution in [0.2, 0.25) is 0 Å². The molecule has 0 spiro atoms. The van der Waals surface area contributed by atoms with Crippen molar-refractivity contribution in [3.8, 4) is 0 Å². The van der Waals surface area contributed by atoms with Gasteiger partial charge >= 0.3 is 0 Å². The first-order valence-corrected chi connectivity index (χ1v) is 7.48. The van der Waals surface area contributed by atoms with Gasteiger partial charge in [-0.3, -0.25) is 4.90 Å². The fourth-order valence-electron chi connectivity index (χ4n) is 2.11. The Morgan fingerprint density at radius 1 is 1.13 bits per heavy atom. The smallest absolute Gasteiger partial charge is 0.0339 e. The third-order valence-electron chi connectivity index (χ3n) is 3.01. The number of thiophene rings is 1. The largest absolute Gasteiger partial charge is 0.298 e. The second kappa shape index (κ2) is 6.02. The molecule has 0 atom stereocenters. The van der Waals surface area contributed by atoms with E-state index < -0.39 is 0 Å². The second-order valence-corrected chi connectivity index (χ2v) is 6.09. The van der Waals surface area contributed by atoms with Crippen molar-refractivity contribution in [2.24, 2.45) is 0 Å². The normalized spacial score (nSPS) is 19.8. The minimum atomic E-state index is 1.14. The van der Waals surface area contributed by atoms with Crippen molar-refractivity contribution in [1.29, 1.82) is 0 Å². The van der Waals surface area contributed by atoms with E-state index in [2.05, 4.69) is 32.3 Å². The first-order chi connectivity index (χ1) is 7.36. The van der Waals surface area contributed by atoms with Gasteiger partial charge in [0.25, 0.3) is 0 Å². The highest BCUT2D eigenvalue weighted by molar-refractivity contribution is 9.10. The lowest BCUT2D eigenvalue weighted by molar-refractivity contribution is 0.241. The highest BCUT2D eigenvalue weighted by Crippen LogP contribution is 2.25. The molecule has 2 heterocycles. The van der Waals surface area contributed by atoms with Gasteiger partial charge in [0.1, 0.15) is 0 Å². The van der Waals surface area contributed by atoms with Gasteiger partial charge in [-0.05, 0) is 53.3 Å². The van der Waals surface area contributed by atoms with Crippen LogP contribution in [0.1, 0.15) is 37.0 Å². The summed E-state index contributed by atoms with van der Waals surface area (Å²) in [4.78, 5) is 4.09. The van der Waals surface area contributed by atoms with Crippen LogP contribution < -0.4 is 0 Å². The average Bonchev–Trinajstić information content (AvgIpc) is 2.56. The maximum absolute atomic E-state index is 3.61. The molecular weight excluding hydrogens is 270 g/mol. The predicted octanol–water partition coefficient (Wildman–Crippen LogP) is 4.28. The molecule has 1 saturated heterocycles. The summed E-state index contributed by atoms with van der Waals surface area (Å²) in [6.45, 7) is 3.70. The molecule has 0 N–H and O–H groups in total. The van der Waals surface area contributed by atoms with Gasteiger partial charge in [-0.25, -0.2) is 0 Å². The van der Waals surface area contributed by atoms with E-state index in [0.717, 1.165) is 6.54 Å². The van der Waals surface area contributed by atoms with Crippen molar-refractivity contribution in [2.75, 3.05) is 13.1 Å². The second-order valence-electron chi connectivity index (χ2n) is 4.24. The van der Waals surface area contributed by atoms with Crippen LogP contribution >= 0.6 is 27.3 Å². The fraction of sp³-hybridized carbons (Fsp3) is 0.667. The number of hydrogen-bond acceptors (Lipinski definition) is 2. The highest BCUT2D eigenvalue weighted by atomic mass is 79.9. The Labute approximate surface area is 105 Å². The molecule has 1 aromatic heterocycles. The van der Waals surface area contributed by atoms with E-state index in [1.807, 2.05) is 11.3 Å². The molecular formula is C12H18BrNS. The van der Waals surface area contributed by atoms with E-state index in [1.165, 1.54) is 54.5 Å². The fourth-order valence-corrected chi connectivity index (χ4v) is 3.63. The van der Waals surface area contributed by atoms with Crippen molar-refractivity contribution in [3.05, 3.63) is 20.8 Å². The molecule has 0 aliphatic carbocycles. The lowest BCUT2D eigenvalue weighted by Crippen LogP contribution is -2.26. The summed E-state index contributed by atoms with van der Waals surface area (Å²) in [6.07, 6.45) is 7.03. The van der Waals surface area contributed by atoms with Crippen LogP contribution in [0.25, 0.3) is 0 Å². The number of likely N-dealkylation sites (tertiary alicyclic amines) is 1. The molecule has 3 heteroatoms. The van der Waals surface area contributed by atoms with Crippen molar-refractivity contribution in [1.82, 2.24) is 4.90 Å². The van der Waals surface area contributed by atoms with Crippen LogP contribution in [0.4, 0.5) is 0 Å². The summed E-state index contributed by atoms with van der Waals surface area (Å²) in [5, 5.41) is 2.17. The Morgan fingerprint density at radius 3 is 2.40 bits per heavy atom. The molecule has 0 aromatic carbocycles. The maximum atomic E-state index is 3.61. The summed E-state index contributed by atoms with van der Waals surface area (Å²) >= 11 is 5.48. The van der Waals surface area contributed by atoms with Crippen molar-refractivity contribution >= 4 is 27.3 Å². The van der Waals surface area contributed by atoms with E-state index in [9.17, 15) is 0 Å². The minimum Gasteiger partial charge on any atom is -0.298 e. The van der Waals surface area contributed by atoms with Gasteiger partial charge in [-0.2, -0.15) is 0 Å². The summed E-state index contributed by atoms with van der Waals surface area (Å²) in [5.74, 6) is 0. The van der Waals surface area contributed by atoms with Gasteiger partial charge in [0.2, 0.25) is 0 Å². The van der Waals surface area contributed by atoms with Gasteiger partial charge in [-0.1, -0.05) is 19.3 Å². The Balaban J connectivity index is 1.89. The van der Waals surface area contributed by atoms with E-state index >= 15 is 0 Å². The SMILES string of the molecule is Brc1ccsc1CN1CCCCCCC1. The van der Waals surface area contributed by atoms with Crippen LogP contribution in [-0.4, -0.2) is 18.0 Å². The quantitative estimate of drug-likeness (QED) is 0.785. The van der Waals surface area contributed by atoms with E-state index in [1.54, 1.807) is 0 Å². The third-order valence-corrected chi connectivity index (χ3v) is 4.92. The van der Waals surface area contributed by atoms with Gasteiger partial charge in [0, 0.05) is 15.9 Å². The van der Waals surface area contributed by atoms with Crippen LogP contribution in [0.15, 0.2) is 15.9 Å². The molecule has 2 rings (SSSR count). The Bertz CT molecular complexity index is 290. The lowest BCUT2D eigenvalue weighted by Gasteiger charge is -2.23. The Hall–Kier alpha value is 0.140. The van der Waals surface area contributed by atoms with Gasteiger partial charge < -0.3 is 0 Å². The molecule has 1 aliphatic rings. The zero-order chi connectivity index (χ0) is 10.5. The number of halogens is 1. The summed E-state index contributed by atoms with van der Waals surface area (Å²) in [6, 6.07) is 2.16. The maximum Gasteiger partial charge on any atom is 0.0339 e. The molecule has 0 unspecified atom stereocenters. The summed E-state index contributed by atoms with van der Waals surface area (Å²) < 4.78 is 1.29. The molecule has 0 amide bonds. The predicted molar refractivity (Wildman–Crippen MR) is 70.4 cm³/mol. The molecule has 0 saturated carbocycles. The monoisotopic (exact) mass is 287 g/mol. The summed E-state index contributed by atoms with van der Waals surface area (Å²) in [7, 11) is 0. The zero-order valence-electron chi connectivity index (χ0n) is 9.04. The van der Waals surface area contributed by atoms with Gasteiger partial charge in [0.15, 0.2) is 0 Å². The number of rotatable bonds is 2. The molecule has 84 valence electrons. The first-order valence-electron chi connectivity index (χ1n) is 5.80. The number of hydrogen-bond donors (Lipinski definition) is 0. The van der Waals surface area contributed by atoms with Gasteiger partial charge in [-0.15, -0.1) is 11.3 Å². The minimum absolute atomic E-state index is 1.14. The number of nitrogens with zero attached hydrogens (tertiary/aromatic N) is 1. The third kappa shape index (κ3) is 3.58. The standard InChI is InChI=1S/C12H18BrNS/c13-11-6-9-15-12(11)10-14-7-4-2-1-3-5-8-14/h6,9H,1-5,7-8,10H2. The van der Waals surface area contributed by atoms with Crippen LogP contribution in [0.5, 0.6) is 0 Å². The van der Waals surface area contributed by atoms with Crippen LogP contribution in [-0.2, 0) is 6.54 Å². The van der Waals surface area contributed by atoms with Gasteiger partial charge in [0.05, 0.1) is 0 Å². The molecule has 0 radical (unpaired) electrons. The van der Waals surface area contributed by atoms with E-state index in [-0.39, 0.29) is 0 Å². The van der Waals surface area contributed by atoms with Crippen molar-refractivity contribution in [2.45, 2.75) is 38.6 Å². The molecule has 1 aromatic rings. The zero-order valence-corrected chi connectivity index (χ0v) is 11.4. The molecule has 15 heavy (non-hydrogen) atoms. The van der Waals surface area contributed by atoms with Crippen LogP contribution in [0.3, 0.4) is 0 Å². The molecule has 0 bridgehead atoms. The molecule has 1 fully saturated rings. The first kappa shape index (κ1) is 11.6. The molecule has 1 aliphatic heterocycles. The van der Waals surface area contributed by atoms with Crippen molar-refractivity contribution in [3.63, 3.8) is 0 Å². The van der Waals surface area contributed by atoms with Crippen LogP contribution in [0, 0.1) is 0 Å². The topological polar surface area (TPSA) is 3.24 Å². The Morgan fingerprint density at radius 2 is 1.80 bits per heavy atom. The molecule has 1 nitrogen and oxygen atoms in total. The van der Waals surface area contributed by atoms with E-state index in [0.29, 0.717) is 0 Å². The van der Waals surface area contributed by atoms with Crippen molar-refractivity contribution < 1.29 is 0 Å². The Kier molecular flexibility index (Phi) is 4.66. The average molecular weight is 288 g/mol. The lowest BCUT2D eigenvalue weighted by atomic mass is 10.1. The highest BCUT2D eigenvalue weighted by Gasteiger charge is 2.10. The van der Waals surface area contributed by atoms with E-state index in [4.69, 9.17) is 0 Å².